The molecule has 0 aliphatic carbocycles. The highest BCUT2D eigenvalue weighted by atomic mass is 16.3. The Labute approximate surface area is 87.9 Å². The lowest BCUT2D eigenvalue weighted by molar-refractivity contribution is -0.913. The van der Waals surface area contributed by atoms with Crippen molar-refractivity contribution in [3.05, 3.63) is 0 Å². The van der Waals surface area contributed by atoms with E-state index in [9.17, 15) is 10.2 Å². The lowest BCUT2D eigenvalue weighted by Crippen LogP contribution is -2.52. The molecule has 0 aliphatic rings. The van der Waals surface area contributed by atoms with E-state index in [-0.39, 0.29) is 12.2 Å². The molecule has 0 aliphatic heterocycles. The minimum Gasteiger partial charge on any atom is -0.387 e. The van der Waals surface area contributed by atoms with Crippen molar-refractivity contribution in [1.29, 1.82) is 0 Å². The van der Waals surface area contributed by atoms with Gasteiger partial charge in [-0.1, -0.05) is 13.8 Å². The summed E-state index contributed by atoms with van der Waals surface area (Å²) in [6.45, 7) is 8.51. The highest BCUT2D eigenvalue weighted by Crippen LogP contribution is 2.09. The molecule has 14 heavy (non-hydrogen) atoms. The van der Waals surface area contributed by atoms with Gasteiger partial charge in [-0.2, -0.15) is 0 Å². The molecule has 2 N–H and O–H groups in total. The zero-order valence-corrected chi connectivity index (χ0v) is 10.0. The Hall–Kier alpha value is -0.120. The second kappa shape index (κ2) is 6.38. The molecular formula is C11H26NO2+. The van der Waals surface area contributed by atoms with Crippen molar-refractivity contribution in [2.75, 3.05) is 26.7 Å². The van der Waals surface area contributed by atoms with E-state index < -0.39 is 0 Å². The van der Waals surface area contributed by atoms with Gasteiger partial charge in [0.2, 0.25) is 0 Å². The SMILES string of the molecule is CCC(O)C[N+](C)(CC)CC(O)CC. The molecule has 3 heteroatoms. The van der Waals surface area contributed by atoms with Crippen molar-refractivity contribution in [3.63, 3.8) is 0 Å². The molecule has 0 aromatic carbocycles. The molecule has 0 rings (SSSR count). The van der Waals surface area contributed by atoms with Crippen LogP contribution in [-0.4, -0.2) is 53.6 Å². The Bertz CT molecular complexity index is 138. The molecule has 0 amide bonds. The standard InChI is InChI=1S/C11H26NO2/c1-5-10(13)8-12(4,7-3)9-11(14)6-2/h10-11,13-14H,5-9H2,1-4H3/q+1. The second-order valence-electron chi connectivity index (χ2n) is 4.43. The maximum atomic E-state index is 9.61. The van der Waals surface area contributed by atoms with Crippen LogP contribution in [0.5, 0.6) is 0 Å². The van der Waals surface area contributed by atoms with Gasteiger partial charge in [0.15, 0.2) is 0 Å². The molecule has 86 valence electrons. The predicted molar refractivity (Wildman–Crippen MR) is 59.1 cm³/mol. The zero-order valence-electron chi connectivity index (χ0n) is 10.0. The average molecular weight is 204 g/mol. The first-order valence-corrected chi connectivity index (χ1v) is 5.67. The van der Waals surface area contributed by atoms with Crippen LogP contribution >= 0.6 is 0 Å². The van der Waals surface area contributed by atoms with E-state index in [0.717, 1.165) is 37.0 Å². The van der Waals surface area contributed by atoms with Crippen molar-refractivity contribution in [2.45, 2.75) is 45.8 Å². The van der Waals surface area contributed by atoms with E-state index in [1.165, 1.54) is 0 Å². The molecule has 0 fully saturated rings. The fraction of sp³-hybridized carbons (Fsp3) is 1.00. The van der Waals surface area contributed by atoms with Crippen LogP contribution in [0.15, 0.2) is 0 Å². The van der Waals surface area contributed by atoms with Crippen LogP contribution in [-0.2, 0) is 0 Å². The maximum Gasteiger partial charge on any atom is 0.105 e. The molecule has 0 radical (unpaired) electrons. The first-order valence-electron chi connectivity index (χ1n) is 5.67. The third-order valence-electron chi connectivity index (χ3n) is 3.01. The molecule has 0 bridgehead atoms. The number of rotatable bonds is 7. The summed E-state index contributed by atoms with van der Waals surface area (Å²) in [6, 6.07) is 0. The minimum atomic E-state index is -0.246. The van der Waals surface area contributed by atoms with Crippen LogP contribution in [0.4, 0.5) is 0 Å². The Balaban J connectivity index is 4.16. The predicted octanol–water partition coefficient (Wildman–Crippen LogP) is 0.995. The lowest BCUT2D eigenvalue weighted by atomic mass is 10.2. The van der Waals surface area contributed by atoms with E-state index >= 15 is 0 Å². The molecular weight excluding hydrogens is 178 g/mol. The van der Waals surface area contributed by atoms with E-state index in [0.29, 0.717) is 0 Å². The molecule has 0 spiro atoms. The Kier molecular flexibility index (Phi) is 6.33. The third kappa shape index (κ3) is 4.94. The number of hydrogen-bond donors (Lipinski definition) is 2. The molecule has 0 heterocycles. The largest absolute Gasteiger partial charge is 0.387 e. The van der Waals surface area contributed by atoms with Crippen molar-refractivity contribution < 1.29 is 14.7 Å². The molecule has 2 unspecified atom stereocenters. The van der Waals surface area contributed by atoms with Crippen molar-refractivity contribution in [1.82, 2.24) is 0 Å². The molecule has 2 atom stereocenters. The number of aliphatic hydroxyl groups is 2. The number of quaternary nitrogens is 1. The second-order valence-corrected chi connectivity index (χ2v) is 4.43. The van der Waals surface area contributed by atoms with Gasteiger partial charge < -0.3 is 14.7 Å². The van der Waals surface area contributed by atoms with Gasteiger partial charge in [0.1, 0.15) is 25.3 Å². The topological polar surface area (TPSA) is 40.5 Å². The number of likely N-dealkylation sites (N-methyl/N-ethyl adjacent to an activating group) is 1. The van der Waals surface area contributed by atoms with Gasteiger partial charge in [-0.3, -0.25) is 0 Å². The van der Waals surface area contributed by atoms with Gasteiger partial charge >= 0.3 is 0 Å². The van der Waals surface area contributed by atoms with Crippen LogP contribution in [0.2, 0.25) is 0 Å². The summed E-state index contributed by atoms with van der Waals surface area (Å²) in [6.07, 6.45) is 1.08. The molecule has 0 saturated heterocycles. The highest BCUT2D eigenvalue weighted by Gasteiger charge is 2.25. The number of nitrogens with zero attached hydrogens (tertiary/aromatic N) is 1. The van der Waals surface area contributed by atoms with Crippen molar-refractivity contribution in [3.8, 4) is 0 Å². The number of hydrogen-bond acceptors (Lipinski definition) is 2. The lowest BCUT2D eigenvalue weighted by Gasteiger charge is -2.36. The van der Waals surface area contributed by atoms with Gasteiger partial charge in [-0.25, -0.2) is 0 Å². The van der Waals surface area contributed by atoms with E-state index in [1.54, 1.807) is 0 Å². The van der Waals surface area contributed by atoms with Crippen LogP contribution in [0.3, 0.4) is 0 Å². The molecule has 0 saturated carbocycles. The number of aliphatic hydroxyl groups excluding tert-OH is 2. The van der Waals surface area contributed by atoms with Crippen molar-refractivity contribution >= 4 is 0 Å². The molecule has 0 aromatic rings. The monoisotopic (exact) mass is 204 g/mol. The maximum absolute atomic E-state index is 9.61. The summed E-state index contributed by atoms with van der Waals surface area (Å²) < 4.78 is 0.754. The fourth-order valence-corrected chi connectivity index (χ4v) is 1.61. The molecule has 3 nitrogen and oxygen atoms in total. The van der Waals surface area contributed by atoms with Gasteiger partial charge in [-0.05, 0) is 19.8 Å². The van der Waals surface area contributed by atoms with Crippen LogP contribution < -0.4 is 0 Å². The smallest absolute Gasteiger partial charge is 0.105 e. The van der Waals surface area contributed by atoms with E-state index in [2.05, 4.69) is 14.0 Å². The first-order chi connectivity index (χ1) is 6.47. The van der Waals surface area contributed by atoms with Crippen LogP contribution in [0.1, 0.15) is 33.6 Å². The highest BCUT2D eigenvalue weighted by molar-refractivity contribution is 4.55. The summed E-state index contributed by atoms with van der Waals surface area (Å²) >= 11 is 0. The first kappa shape index (κ1) is 13.9. The Morgan fingerprint density at radius 1 is 0.929 bits per heavy atom. The van der Waals surface area contributed by atoms with E-state index in [1.807, 2.05) is 13.8 Å². The van der Waals surface area contributed by atoms with E-state index in [4.69, 9.17) is 0 Å². The normalized spacial score (nSPS) is 20.1. The van der Waals surface area contributed by atoms with Crippen molar-refractivity contribution in [2.24, 2.45) is 0 Å². The van der Waals surface area contributed by atoms with Gasteiger partial charge in [0, 0.05) is 0 Å². The van der Waals surface area contributed by atoms with Crippen LogP contribution in [0.25, 0.3) is 0 Å². The van der Waals surface area contributed by atoms with Gasteiger partial charge in [-0.15, -0.1) is 0 Å². The third-order valence-corrected chi connectivity index (χ3v) is 3.01. The minimum absolute atomic E-state index is 0.246. The summed E-state index contributed by atoms with van der Waals surface area (Å²) in [5.41, 5.74) is 0. The quantitative estimate of drug-likeness (QED) is 0.607. The summed E-state index contributed by atoms with van der Waals surface area (Å²) in [4.78, 5) is 0. The Morgan fingerprint density at radius 2 is 1.29 bits per heavy atom. The zero-order chi connectivity index (χ0) is 11.2. The average Bonchev–Trinajstić information content (AvgIpc) is 2.17. The summed E-state index contributed by atoms with van der Waals surface area (Å²) in [5, 5.41) is 19.2. The Morgan fingerprint density at radius 3 is 1.50 bits per heavy atom. The van der Waals surface area contributed by atoms with Crippen LogP contribution in [0, 0.1) is 0 Å². The fourth-order valence-electron chi connectivity index (χ4n) is 1.61. The van der Waals surface area contributed by atoms with Gasteiger partial charge in [0.25, 0.3) is 0 Å². The summed E-state index contributed by atoms with van der Waals surface area (Å²) in [7, 11) is 2.10. The molecule has 0 aromatic heterocycles. The van der Waals surface area contributed by atoms with Gasteiger partial charge in [0.05, 0.1) is 13.6 Å². The summed E-state index contributed by atoms with van der Waals surface area (Å²) in [5.74, 6) is 0.